The highest BCUT2D eigenvalue weighted by atomic mass is 16.7. The van der Waals surface area contributed by atoms with Crippen molar-refractivity contribution in [3.8, 4) is 0 Å². The van der Waals surface area contributed by atoms with Crippen LogP contribution >= 0.6 is 0 Å². The average Bonchev–Trinajstić information content (AvgIpc) is 3.51. The van der Waals surface area contributed by atoms with Crippen molar-refractivity contribution in [1.29, 1.82) is 0 Å². The summed E-state index contributed by atoms with van der Waals surface area (Å²) >= 11 is 0. The highest BCUT2D eigenvalue weighted by molar-refractivity contribution is 6.43. The molecule has 2 unspecified atom stereocenters. The molecule has 1 aromatic carbocycles. The molecular formula is C28H40BN5O6. The van der Waals surface area contributed by atoms with E-state index in [1.165, 1.54) is 0 Å². The highest BCUT2D eigenvalue weighted by Crippen LogP contribution is 2.30. The Hall–Kier alpha value is -3.22. The second kappa shape index (κ2) is 13.0. The van der Waals surface area contributed by atoms with E-state index < -0.39 is 24.6 Å². The predicted octanol–water partition coefficient (Wildman–Crippen LogP) is 1.88. The van der Waals surface area contributed by atoms with Crippen LogP contribution in [0.5, 0.6) is 0 Å². The summed E-state index contributed by atoms with van der Waals surface area (Å²) in [5, 5.41) is 34.2. The number of carbonyl (C=O) groups is 2. The van der Waals surface area contributed by atoms with Gasteiger partial charge in [-0.1, -0.05) is 48.8 Å². The maximum Gasteiger partial charge on any atom is 0.475 e. The Morgan fingerprint density at radius 1 is 1.20 bits per heavy atom. The zero-order chi connectivity index (χ0) is 28.9. The Morgan fingerprint density at radius 3 is 2.62 bits per heavy atom. The molecule has 2 amide bonds. The van der Waals surface area contributed by atoms with Gasteiger partial charge in [0.1, 0.15) is 5.69 Å². The number of carbonyl (C=O) groups excluding carboxylic acids is 2. The summed E-state index contributed by atoms with van der Waals surface area (Å²) < 4.78 is 7.24. The summed E-state index contributed by atoms with van der Waals surface area (Å²) in [4.78, 5) is 32.7. The molecule has 0 bridgehead atoms. The van der Waals surface area contributed by atoms with Crippen LogP contribution in [0, 0.1) is 19.8 Å². The molecule has 0 radical (unpaired) electrons. The Balaban J connectivity index is 1.47. The molecule has 4 N–H and O–H groups in total. The average molecular weight is 553 g/mol. The first-order chi connectivity index (χ1) is 19.1. The smallest absolute Gasteiger partial charge is 0.426 e. The van der Waals surface area contributed by atoms with Crippen LogP contribution in [0.25, 0.3) is 0 Å². The lowest BCUT2D eigenvalue weighted by Crippen LogP contribution is -2.56. The molecule has 11 nitrogen and oxygen atoms in total. The van der Waals surface area contributed by atoms with E-state index in [0.717, 1.165) is 29.7 Å². The fraction of sp³-hybridized carbons (Fsp3) is 0.571. The molecule has 1 aromatic heterocycles. The van der Waals surface area contributed by atoms with Gasteiger partial charge in [0.05, 0.1) is 29.9 Å². The lowest BCUT2D eigenvalue weighted by molar-refractivity contribution is -0.144. The van der Waals surface area contributed by atoms with Gasteiger partial charge in [0.25, 0.3) is 11.8 Å². The number of amides is 2. The lowest BCUT2D eigenvalue weighted by Gasteiger charge is -2.29. The number of hydrogen-bond donors (Lipinski definition) is 4. The highest BCUT2D eigenvalue weighted by Gasteiger charge is 2.48. The number of hydrogen-bond acceptors (Lipinski definition) is 8. The molecule has 1 saturated heterocycles. The Morgan fingerprint density at radius 2 is 1.95 bits per heavy atom. The van der Waals surface area contributed by atoms with Gasteiger partial charge in [-0.05, 0) is 50.7 Å². The van der Waals surface area contributed by atoms with Gasteiger partial charge in [-0.3, -0.25) is 14.3 Å². The monoisotopic (exact) mass is 553 g/mol. The number of rotatable bonds is 11. The Labute approximate surface area is 235 Å². The normalized spacial score (nSPS) is 20.1. The molecule has 1 fully saturated rings. The van der Waals surface area contributed by atoms with Gasteiger partial charge in [0, 0.05) is 26.1 Å². The third-order valence-electron chi connectivity index (χ3n) is 7.31. The van der Waals surface area contributed by atoms with Gasteiger partial charge < -0.3 is 30.3 Å². The van der Waals surface area contributed by atoms with E-state index in [1.807, 2.05) is 52.0 Å². The summed E-state index contributed by atoms with van der Waals surface area (Å²) in [6, 6.07) is 9.64. The molecule has 0 saturated carbocycles. The molecular weight excluding hydrogens is 513 g/mol. The molecule has 12 heteroatoms. The lowest BCUT2D eigenvalue weighted by atomic mass is 9.74. The molecule has 216 valence electrons. The van der Waals surface area contributed by atoms with E-state index in [4.69, 9.17) is 9.57 Å². The van der Waals surface area contributed by atoms with E-state index in [-0.39, 0.29) is 37.3 Å². The van der Waals surface area contributed by atoms with Crippen LogP contribution in [-0.4, -0.2) is 75.8 Å². The summed E-state index contributed by atoms with van der Waals surface area (Å²) in [5.41, 5.74) is 2.28. The number of aryl methyl sites for hydroxylation is 2. The molecule has 40 heavy (non-hydrogen) atoms. The van der Waals surface area contributed by atoms with E-state index in [9.17, 15) is 19.6 Å². The number of oxime groups is 1. The van der Waals surface area contributed by atoms with E-state index >= 15 is 0 Å². The first kappa shape index (κ1) is 29.8. The SMILES string of the molecule is Cc1cccc(CC2(C(=O)NC(CC(C)C)B(O)O)CC(CNC(=O)c3cc(C)nn3C3CCOCC3)=NO2)c1. The minimum atomic E-state index is -1.72. The molecule has 2 aromatic rings. The quantitative estimate of drug-likeness (QED) is 0.311. The molecule has 0 spiro atoms. The van der Waals surface area contributed by atoms with Crippen LogP contribution in [-0.2, 0) is 20.8 Å². The molecule has 3 heterocycles. The third-order valence-corrected chi connectivity index (χ3v) is 7.31. The van der Waals surface area contributed by atoms with Crippen LogP contribution in [0.3, 0.4) is 0 Å². The van der Waals surface area contributed by atoms with Crippen molar-refractivity contribution in [1.82, 2.24) is 20.4 Å². The fourth-order valence-corrected chi connectivity index (χ4v) is 5.32. The van der Waals surface area contributed by atoms with Crippen molar-refractivity contribution < 1.29 is 29.2 Å². The second-order valence-electron chi connectivity index (χ2n) is 11.4. The third kappa shape index (κ3) is 7.29. The number of nitrogens with zero attached hydrogens (tertiary/aromatic N) is 3. The van der Waals surface area contributed by atoms with Crippen molar-refractivity contribution >= 4 is 24.6 Å². The minimum Gasteiger partial charge on any atom is -0.426 e. The van der Waals surface area contributed by atoms with Crippen molar-refractivity contribution in [2.45, 2.75) is 77.4 Å². The standard InChI is InChI=1S/C28H40BN5O6/c1-18(2)12-25(29(37)38)31-27(36)28(15-21-7-5-6-19(3)13-21)16-22(33-40-28)17-30-26(35)24-14-20(4)32-34(24)23-8-10-39-11-9-23/h5-7,13-14,18,23,25,37-38H,8-12,15-17H2,1-4H3,(H,30,35)(H,31,36). The summed E-state index contributed by atoms with van der Waals surface area (Å²) in [5.74, 6) is -1.49. The zero-order valence-electron chi connectivity index (χ0n) is 23.7. The molecule has 0 aliphatic carbocycles. The van der Waals surface area contributed by atoms with Crippen LogP contribution in [0.1, 0.15) is 72.9 Å². The molecule has 2 aliphatic heterocycles. The van der Waals surface area contributed by atoms with E-state index in [1.54, 1.807) is 10.7 Å². The Bertz CT molecular complexity index is 1230. The molecule has 4 rings (SSSR count). The number of ether oxygens (including phenoxy) is 1. The van der Waals surface area contributed by atoms with Crippen LogP contribution < -0.4 is 10.6 Å². The van der Waals surface area contributed by atoms with Gasteiger partial charge in [-0.2, -0.15) is 5.10 Å². The van der Waals surface area contributed by atoms with Crippen LogP contribution in [0.4, 0.5) is 0 Å². The van der Waals surface area contributed by atoms with Crippen LogP contribution in [0.15, 0.2) is 35.5 Å². The second-order valence-corrected chi connectivity index (χ2v) is 11.4. The number of nitrogens with one attached hydrogen (secondary N) is 2. The van der Waals surface area contributed by atoms with E-state index in [2.05, 4.69) is 20.9 Å². The first-order valence-electron chi connectivity index (χ1n) is 13.9. The maximum absolute atomic E-state index is 13.6. The van der Waals surface area contributed by atoms with Gasteiger partial charge in [0.2, 0.25) is 5.60 Å². The van der Waals surface area contributed by atoms with Crippen LogP contribution in [0.2, 0.25) is 0 Å². The predicted molar refractivity (Wildman–Crippen MR) is 151 cm³/mol. The first-order valence-corrected chi connectivity index (χ1v) is 13.9. The number of aromatic nitrogens is 2. The van der Waals surface area contributed by atoms with Crippen molar-refractivity contribution in [3.63, 3.8) is 0 Å². The minimum absolute atomic E-state index is 0.0950. The number of benzene rings is 1. The van der Waals surface area contributed by atoms with Crippen molar-refractivity contribution in [2.75, 3.05) is 19.8 Å². The van der Waals surface area contributed by atoms with Gasteiger partial charge in [-0.25, -0.2) is 0 Å². The summed E-state index contributed by atoms with van der Waals surface area (Å²) in [7, 11) is -1.72. The van der Waals surface area contributed by atoms with Gasteiger partial charge in [-0.15, -0.1) is 0 Å². The van der Waals surface area contributed by atoms with Crippen molar-refractivity contribution in [3.05, 3.63) is 52.8 Å². The van der Waals surface area contributed by atoms with Crippen molar-refractivity contribution in [2.24, 2.45) is 11.1 Å². The fourth-order valence-electron chi connectivity index (χ4n) is 5.32. The Kier molecular flexibility index (Phi) is 9.65. The molecule has 2 atom stereocenters. The van der Waals surface area contributed by atoms with Gasteiger partial charge in [0.15, 0.2) is 0 Å². The van der Waals surface area contributed by atoms with Gasteiger partial charge >= 0.3 is 7.12 Å². The summed E-state index contributed by atoms with van der Waals surface area (Å²) in [6.07, 6.45) is 2.33. The molecule has 2 aliphatic rings. The largest absolute Gasteiger partial charge is 0.475 e. The summed E-state index contributed by atoms with van der Waals surface area (Å²) in [6.45, 7) is 9.07. The van der Waals surface area contributed by atoms with E-state index in [0.29, 0.717) is 31.0 Å². The topological polar surface area (TPSA) is 147 Å². The maximum atomic E-state index is 13.6. The zero-order valence-corrected chi connectivity index (χ0v) is 23.7.